The van der Waals surface area contributed by atoms with Crippen LogP contribution in [-0.2, 0) is 6.54 Å². The first kappa shape index (κ1) is 11.3. The van der Waals surface area contributed by atoms with Crippen LogP contribution in [0.25, 0.3) is 0 Å². The van der Waals surface area contributed by atoms with Crippen molar-refractivity contribution in [1.29, 1.82) is 0 Å². The molecule has 0 heterocycles. The molecule has 1 aromatic rings. The minimum Gasteiger partial charge on any atom is -0.506 e. The number of urea groups is 1. The van der Waals surface area contributed by atoms with E-state index in [1.54, 1.807) is 12.1 Å². The monoisotopic (exact) mass is 322 g/mol. The summed E-state index contributed by atoms with van der Waals surface area (Å²) in [5, 5.41) is 12.0. The van der Waals surface area contributed by atoms with Gasteiger partial charge in [0.05, 0.1) is 4.47 Å². The molecule has 0 bridgehead atoms. The second-order valence-corrected chi connectivity index (χ2v) is 4.38. The number of carbonyl (C=O) groups is 1. The first-order valence-corrected chi connectivity index (χ1v) is 5.29. The third-order valence-electron chi connectivity index (χ3n) is 1.56. The molecule has 76 valence electrons. The summed E-state index contributed by atoms with van der Waals surface area (Å²) in [4.78, 5) is 10.5. The maximum absolute atomic E-state index is 10.5. The minimum absolute atomic E-state index is 0.0990. The Labute approximate surface area is 97.7 Å². The van der Waals surface area contributed by atoms with Gasteiger partial charge in [-0.3, -0.25) is 0 Å². The predicted molar refractivity (Wildman–Crippen MR) is 59.9 cm³/mol. The second-order valence-electron chi connectivity index (χ2n) is 2.61. The Morgan fingerprint density at radius 3 is 2.71 bits per heavy atom. The Morgan fingerprint density at radius 2 is 2.14 bits per heavy atom. The van der Waals surface area contributed by atoms with E-state index in [1.807, 2.05) is 0 Å². The molecule has 4 N–H and O–H groups in total. The summed E-state index contributed by atoms with van der Waals surface area (Å²) in [6, 6.07) is 2.79. The van der Waals surface area contributed by atoms with Gasteiger partial charge in [-0.15, -0.1) is 0 Å². The Balaban J connectivity index is 2.90. The second kappa shape index (κ2) is 4.65. The number of rotatable bonds is 2. The number of hydrogen-bond acceptors (Lipinski definition) is 2. The lowest BCUT2D eigenvalue weighted by Crippen LogP contribution is -2.28. The molecule has 0 aliphatic rings. The zero-order chi connectivity index (χ0) is 10.7. The van der Waals surface area contributed by atoms with Gasteiger partial charge in [0.2, 0.25) is 0 Å². The van der Waals surface area contributed by atoms with Crippen molar-refractivity contribution < 1.29 is 9.90 Å². The van der Waals surface area contributed by atoms with E-state index in [0.717, 1.165) is 4.47 Å². The van der Waals surface area contributed by atoms with Crippen molar-refractivity contribution in [3.05, 3.63) is 26.6 Å². The Morgan fingerprint density at radius 1 is 1.50 bits per heavy atom. The van der Waals surface area contributed by atoms with Gasteiger partial charge in [-0.1, -0.05) is 15.9 Å². The summed E-state index contributed by atoms with van der Waals surface area (Å²) in [7, 11) is 0. The maximum Gasteiger partial charge on any atom is 0.312 e. The van der Waals surface area contributed by atoms with Gasteiger partial charge in [-0.05, 0) is 28.1 Å². The van der Waals surface area contributed by atoms with Gasteiger partial charge in [-0.2, -0.15) is 0 Å². The van der Waals surface area contributed by atoms with Crippen molar-refractivity contribution in [2.24, 2.45) is 5.73 Å². The molecule has 1 aromatic carbocycles. The standard InChI is InChI=1S/C8H8Br2N2O2/c9-5-1-4(3-12-8(11)14)7(13)6(10)2-5/h1-2,13H,3H2,(H3,11,12,14). The average molecular weight is 324 g/mol. The Hall–Kier alpha value is -0.750. The van der Waals surface area contributed by atoms with Crippen molar-refractivity contribution in [2.45, 2.75) is 6.54 Å². The molecule has 0 saturated carbocycles. The van der Waals surface area contributed by atoms with Gasteiger partial charge in [0.1, 0.15) is 5.75 Å². The molecule has 0 unspecified atom stereocenters. The van der Waals surface area contributed by atoms with E-state index in [1.165, 1.54) is 0 Å². The maximum atomic E-state index is 10.5. The lowest BCUT2D eigenvalue weighted by molar-refractivity contribution is 0.248. The lowest BCUT2D eigenvalue weighted by Gasteiger charge is -2.07. The molecular weight excluding hydrogens is 316 g/mol. The van der Waals surface area contributed by atoms with Crippen molar-refractivity contribution >= 4 is 37.9 Å². The fourth-order valence-electron chi connectivity index (χ4n) is 0.936. The van der Waals surface area contributed by atoms with Gasteiger partial charge in [0.15, 0.2) is 0 Å². The molecule has 4 nitrogen and oxygen atoms in total. The number of phenols is 1. The quantitative estimate of drug-likeness (QED) is 0.779. The third kappa shape index (κ3) is 2.88. The van der Waals surface area contributed by atoms with Crippen LogP contribution in [-0.4, -0.2) is 11.1 Å². The van der Waals surface area contributed by atoms with Crippen LogP contribution in [0.4, 0.5) is 4.79 Å². The average Bonchev–Trinajstić information content (AvgIpc) is 2.08. The molecule has 0 spiro atoms. The van der Waals surface area contributed by atoms with Crippen molar-refractivity contribution in [2.75, 3.05) is 0 Å². The van der Waals surface area contributed by atoms with Crippen LogP contribution < -0.4 is 11.1 Å². The van der Waals surface area contributed by atoms with Gasteiger partial charge in [-0.25, -0.2) is 4.79 Å². The summed E-state index contributed by atoms with van der Waals surface area (Å²) in [5.41, 5.74) is 5.50. The van der Waals surface area contributed by atoms with E-state index < -0.39 is 6.03 Å². The molecule has 0 radical (unpaired) electrons. The highest BCUT2D eigenvalue weighted by molar-refractivity contribution is 9.11. The Bertz CT molecular complexity index is 369. The smallest absolute Gasteiger partial charge is 0.312 e. The zero-order valence-corrected chi connectivity index (χ0v) is 10.2. The first-order chi connectivity index (χ1) is 6.50. The molecular formula is C8H8Br2N2O2. The van der Waals surface area contributed by atoms with Crippen molar-refractivity contribution in [1.82, 2.24) is 5.32 Å². The number of aromatic hydroxyl groups is 1. The summed E-state index contributed by atoms with van der Waals surface area (Å²) in [5.74, 6) is 0.0990. The van der Waals surface area contributed by atoms with Crippen molar-refractivity contribution in [3.63, 3.8) is 0 Å². The van der Waals surface area contributed by atoms with E-state index in [0.29, 0.717) is 10.0 Å². The molecule has 0 aliphatic carbocycles. The van der Waals surface area contributed by atoms with E-state index in [4.69, 9.17) is 5.73 Å². The number of carbonyl (C=O) groups excluding carboxylic acids is 1. The predicted octanol–water partition coefficient (Wildman–Crippen LogP) is 2.09. The van der Waals surface area contributed by atoms with Gasteiger partial charge >= 0.3 is 6.03 Å². The summed E-state index contributed by atoms with van der Waals surface area (Å²) < 4.78 is 1.37. The highest BCUT2D eigenvalue weighted by Gasteiger charge is 2.07. The summed E-state index contributed by atoms with van der Waals surface area (Å²) >= 11 is 6.45. The fraction of sp³-hybridized carbons (Fsp3) is 0.125. The highest BCUT2D eigenvalue weighted by atomic mass is 79.9. The van der Waals surface area contributed by atoms with Crippen LogP contribution >= 0.6 is 31.9 Å². The van der Waals surface area contributed by atoms with E-state index >= 15 is 0 Å². The molecule has 0 saturated heterocycles. The van der Waals surface area contributed by atoms with Crippen LogP contribution in [0, 0.1) is 0 Å². The normalized spacial score (nSPS) is 9.86. The summed E-state index contributed by atoms with van der Waals surface area (Å²) in [6.07, 6.45) is 0. The van der Waals surface area contributed by atoms with Gasteiger partial charge in [0.25, 0.3) is 0 Å². The van der Waals surface area contributed by atoms with Crippen LogP contribution in [0.3, 0.4) is 0 Å². The number of phenolic OH excluding ortho intramolecular Hbond substituents is 1. The van der Waals surface area contributed by atoms with Gasteiger partial charge in [0, 0.05) is 16.6 Å². The van der Waals surface area contributed by atoms with E-state index in [9.17, 15) is 9.90 Å². The van der Waals surface area contributed by atoms with E-state index in [2.05, 4.69) is 37.2 Å². The molecule has 0 atom stereocenters. The fourth-order valence-corrected chi connectivity index (χ4v) is 2.25. The minimum atomic E-state index is -0.625. The number of amides is 2. The number of primary amides is 1. The van der Waals surface area contributed by atoms with Gasteiger partial charge < -0.3 is 16.2 Å². The van der Waals surface area contributed by atoms with E-state index in [-0.39, 0.29) is 12.3 Å². The first-order valence-electron chi connectivity index (χ1n) is 3.71. The lowest BCUT2D eigenvalue weighted by atomic mass is 10.2. The molecule has 0 aromatic heterocycles. The van der Waals surface area contributed by atoms with Crippen LogP contribution in [0.1, 0.15) is 5.56 Å². The number of halogens is 2. The molecule has 1 rings (SSSR count). The number of nitrogens with two attached hydrogens (primary N) is 1. The topological polar surface area (TPSA) is 75.4 Å². The highest BCUT2D eigenvalue weighted by Crippen LogP contribution is 2.31. The van der Waals surface area contributed by atoms with Crippen LogP contribution in [0.2, 0.25) is 0 Å². The number of benzene rings is 1. The SMILES string of the molecule is NC(=O)NCc1cc(Br)cc(Br)c1O. The number of hydrogen-bond donors (Lipinski definition) is 3. The van der Waals surface area contributed by atoms with Crippen LogP contribution in [0.15, 0.2) is 21.1 Å². The number of nitrogens with one attached hydrogen (secondary N) is 1. The molecule has 0 fully saturated rings. The molecule has 2 amide bonds. The summed E-state index contributed by atoms with van der Waals surface area (Å²) in [6.45, 7) is 0.194. The molecule has 0 aliphatic heterocycles. The largest absolute Gasteiger partial charge is 0.506 e. The molecule has 6 heteroatoms. The third-order valence-corrected chi connectivity index (χ3v) is 2.62. The van der Waals surface area contributed by atoms with Crippen LogP contribution in [0.5, 0.6) is 5.75 Å². The Kier molecular flexibility index (Phi) is 3.77. The molecule has 14 heavy (non-hydrogen) atoms. The van der Waals surface area contributed by atoms with Crippen molar-refractivity contribution in [3.8, 4) is 5.75 Å². The zero-order valence-electron chi connectivity index (χ0n) is 7.05.